The van der Waals surface area contributed by atoms with Gasteiger partial charge in [0.25, 0.3) is 5.56 Å². The van der Waals surface area contributed by atoms with Crippen LogP contribution in [0.15, 0.2) is 28.3 Å². The molecule has 0 spiro atoms. The Balaban J connectivity index is 3.27. The summed E-state index contributed by atoms with van der Waals surface area (Å²) in [6.07, 6.45) is 2.18. The van der Waals surface area contributed by atoms with Gasteiger partial charge >= 0.3 is 5.69 Å². The van der Waals surface area contributed by atoms with E-state index in [1.54, 1.807) is 13.0 Å². The molecule has 14 heavy (non-hydrogen) atoms. The molecule has 0 aromatic carbocycles. The van der Waals surface area contributed by atoms with Crippen molar-refractivity contribution in [3.05, 3.63) is 39.6 Å². The summed E-state index contributed by atoms with van der Waals surface area (Å²) in [4.78, 5) is 24.2. The number of aromatic amines is 1. The van der Waals surface area contributed by atoms with Crippen LogP contribution < -0.4 is 11.2 Å². The van der Waals surface area contributed by atoms with Crippen LogP contribution in [0.3, 0.4) is 0 Å². The second-order valence-corrected chi connectivity index (χ2v) is 3.04. The number of H-pyrrole nitrogens is 1. The predicted molar refractivity (Wildman–Crippen MR) is 52.5 cm³/mol. The fourth-order valence-corrected chi connectivity index (χ4v) is 1.27. The first-order valence-corrected chi connectivity index (χ1v) is 4.22. The first-order chi connectivity index (χ1) is 6.56. The number of hydrogen-bond donors (Lipinski definition) is 2. The molecule has 0 fully saturated rings. The molecule has 2 N–H and O–H groups in total. The van der Waals surface area contributed by atoms with E-state index in [2.05, 4.69) is 11.6 Å². The summed E-state index contributed by atoms with van der Waals surface area (Å²) in [7, 11) is 0. The monoisotopic (exact) mass is 196 g/mol. The van der Waals surface area contributed by atoms with Crippen LogP contribution in [0.1, 0.15) is 19.4 Å². The number of aromatic nitrogens is 2. The number of nitrogens with zero attached hydrogens (tertiary/aromatic N) is 1. The maximum Gasteiger partial charge on any atom is 0.331 e. The van der Waals surface area contributed by atoms with Gasteiger partial charge in [0.05, 0.1) is 6.07 Å². The van der Waals surface area contributed by atoms with Gasteiger partial charge in [-0.1, -0.05) is 6.08 Å². The van der Waals surface area contributed by atoms with Crippen LogP contribution in [0.5, 0.6) is 5.88 Å². The predicted octanol–water partition coefficient (Wildman–Crippen LogP) is 0.379. The lowest BCUT2D eigenvalue weighted by atomic mass is 10.2. The first-order valence-electron chi connectivity index (χ1n) is 4.22. The molecule has 0 aliphatic heterocycles. The molecule has 5 nitrogen and oxygen atoms in total. The maximum absolute atomic E-state index is 11.3. The zero-order valence-corrected chi connectivity index (χ0v) is 7.86. The molecule has 0 saturated carbocycles. The average Bonchev–Trinajstić information content (AvgIpc) is 2.01. The Hall–Kier alpha value is -1.78. The number of aromatic hydroxyl groups is 1. The van der Waals surface area contributed by atoms with Gasteiger partial charge in [0.1, 0.15) is 0 Å². The molecule has 1 aromatic heterocycles. The third-order valence-corrected chi connectivity index (χ3v) is 1.90. The van der Waals surface area contributed by atoms with Gasteiger partial charge in [0, 0.05) is 6.04 Å². The summed E-state index contributed by atoms with van der Waals surface area (Å²) in [5.74, 6) is -0.326. The van der Waals surface area contributed by atoms with Gasteiger partial charge in [0.15, 0.2) is 0 Å². The molecular weight excluding hydrogens is 184 g/mol. The zero-order chi connectivity index (χ0) is 10.7. The highest BCUT2D eigenvalue weighted by Crippen LogP contribution is 2.13. The van der Waals surface area contributed by atoms with E-state index in [-0.39, 0.29) is 11.9 Å². The van der Waals surface area contributed by atoms with Crippen LogP contribution in [0, 0.1) is 0 Å². The van der Waals surface area contributed by atoms with Gasteiger partial charge in [0.2, 0.25) is 5.88 Å². The van der Waals surface area contributed by atoms with Crippen LogP contribution in [0.4, 0.5) is 0 Å². The molecule has 0 bridgehead atoms. The fraction of sp³-hybridized carbons (Fsp3) is 0.333. The smallest absolute Gasteiger partial charge is 0.331 e. The van der Waals surface area contributed by atoms with Crippen molar-refractivity contribution in [2.24, 2.45) is 0 Å². The number of rotatable bonds is 3. The minimum atomic E-state index is -0.607. The summed E-state index contributed by atoms with van der Waals surface area (Å²) >= 11 is 0. The largest absolute Gasteiger partial charge is 0.494 e. The van der Waals surface area contributed by atoms with Gasteiger partial charge in [-0.05, 0) is 13.3 Å². The molecule has 1 atom stereocenters. The SMILES string of the molecule is C=CCC(C)n1c(O)cc(=O)[nH]c1=O. The van der Waals surface area contributed by atoms with E-state index >= 15 is 0 Å². The quantitative estimate of drug-likeness (QED) is 0.686. The van der Waals surface area contributed by atoms with E-state index < -0.39 is 11.2 Å². The summed E-state index contributed by atoms with van der Waals surface area (Å²) in [6, 6.07) is 0.748. The Morgan fingerprint density at radius 3 is 2.86 bits per heavy atom. The van der Waals surface area contributed by atoms with Crippen molar-refractivity contribution in [3.63, 3.8) is 0 Å². The molecule has 1 rings (SSSR count). The van der Waals surface area contributed by atoms with Crippen molar-refractivity contribution in [2.45, 2.75) is 19.4 Å². The Morgan fingerprint density at radius 2 is 2.36 bits per heavy atom. The Morgan fingerprint density at radius 1 is 1.71 bits per heavy atom. The molecule has 0 amide bonds. The molecule has 0 saturated heterocycles. The highest BCUT2D eigenvalue weighted by molar-refractivity contribution is 5.07. The van der Waals surface area contributed by atoms with Gasteiger partial charge in [-0.3, -0.25) is 14.3 Å². The molecule has 1 heterocycles. The van der Waals surface area contributed by atoms with Gasteiger partial charge in [-0.2, -0.15) is 0 Å². The van der Waals surface area contributed by atoms with E-state index in [1.807, 2.05) is 0 Å². The zero-order valence-electron chi connectivity index (χ0n) is 7.86. The van der Waals surface area contributed by atoms with Gasteiger partial charge < -0.3 is 5.11 Å². The normalized spacial score (nSPS) is 12.4. The number of nitrogens with one attached hydrogen (secondary N) is 1. The Kier molecular flexibility index (Phi) is 2.91. The van der Waals surface area contributed by atoms with E-state index in [0.29, 0.717) is 6.42 Å². The fourth-order valence-electron chi connectivity index (χ4n) is 1.27. The summed E-state index contributed by atoms with van der Waals surface area (Å²) < 4.78 is 1.11. The maximum atomic E-state index is 11.3. The lowest BCUT2D eigenvalue weighted by Gasteiger charge is -2.13. The summed E-state index contributed by atoms with van der Waals surface area (Å²) in [6.45, 7) is 5.29. The average molecular weight is 196 g/mol. The summed E-state index contributed by atoms with van der Waals surface area (Å²) in [5.41, 5.74) is -1.21. The molecule has 0 radical (unpaired) electrons. The molecule has 0 aliphatic rings. The molecule has 1 unspecified atom stereocenters. The third-order valence-electron chi connectivity index (χ3n) is 1.90. The van der Waals surface area contributed by atoms with E-state index in [1.165, 1.54) is 0 Å². The minimum absolute atomic E-state index is 0.225. The topological polar surface area (TPSA) is 75.1 Å². The molecule has 0 aliphatic carbocycles. The number of hydrogen-bond acceptors (Lipinski definition) is 3. The second kappa shape index (κ2) is 3.95. The van der Waals surface area contributed by atoms with Crippen LogP contribution in [0.25, 0.3) is 0 Å². The van der Waals surface area contributed by atoms with Crippen molar-refractivity contribution < 1.29 is 5.11 Å². The van der Waals surface area contributed by atoms with Crippen molar-refractivity contribution in [2.75, 3.05) is 0 Å². The molecule has 5 heteroatoms. The standard InChI is InChI=1S/C9H12N2O3/c1-3-4-6(2)11-8(13)5-7(12)10-9(11)14/h3,5-6,13H,1,4H2,2H3,(H,10,12,14). The Bertz CT molecular complexity index is 444. The van der Waals surface area contributed by atoms with Crippen LogP contribution >= 0.6 is 0 Å². The highest BCUT2D eigenvalue weighted by Gasteiger charge is 2.10. The molecule has 1 aromatic rings. The number of allylic oxidation sites excluding steroid dienone is 1. The highest BCUT2D eigenvalue weighted by atomic mass is 16.3. The van der Waals surface area contributed by atoms with Crippen molar-refractivity contribution >= 4 is 0 Å². The lowest BCUT2D eigenvalue weighted by Crippen LogP contribution is -2.30. The summed E-state index contributed by atoms with van der Waals surface area (Å²) in [5, 5.41) is 9.38. The van der Waals surface area contributed by atoms with Gasteiger partial charge in [-0.25, -0.2) is 4.79 Å². The van der Waals surface area contributed by atoms with Crippen LogP contribution in [0.2, 0.25) is 0 Å². The van der Waals surface area contributed by atoms with Crippen molar-refractivity contribution in [1.29, 1.82) is 0 Å². The van der Waals surface area contributed by atoms with Crippen molar-refractivity contribution in [3.8, 4) is 5.88 Å². The minimum Gasteiger partial charge on any atom is -0.494 e. The van der Waals surface area contributed by atoms with E-state index in [4.69, 9.17) is 0 Å². The van der Waals surface area contributed by atoms with Crippen molar-refractivity contribution in [1.82, 2.24) is 9.55 Å². The van der Waals surface area contributed by atoms with E-state index in [9.17, 15) is 14.7 Å². The Labute approximate surface area is 80.3 Å². The van der Waals surface area contributed by atoms with Crippen LogP contribution in [-0.2, 0) is 0 Å². The van der Waals surface area contributed by atoms with Crippen LogP contribution in [-0.4, -0.2) is 14.7 Å². The molecule has 76 valence electrons. The lowest BCUT2D eigenvalue weighted by molar-refractivity contribution is 0.372. The third kappa shape index (κ3) is 1.93. The van der Waals surface area contributed by atoms with Gasteiger partial charge in [-0.15, -0.1) is 6.58 Å². The second-order valence-electron chi connectivity index (χ2n) is 3.04. The first kappa shape index (κ1) is 10.3. The van der Waals surface area contributed by atoms with E-state index in [0.717, 1.165) is 10.6 Å². The molecular formula is C9H12N2O3.